The molecule has 0 amide bonds. The molecule has 5 nitrogen and oxygen atoms in total. The number of nitrogens with zero attached hydrogens (tertiary/aromatic N) is 2. The molecule has 0 saturated heterocycles. The number of hydrogen-bond donors (Lipinski definition) is 0. The van der Waals surface area contributed by atoms with Crippen LogP contribution in [0.1, 0.15) is 23.7 Å². The van der Waals surface area contributed by atoms with Crippen molar-refractivity contribution in [2.24, 2.45) is 0 Å². The van der Waals surface area contributed by atoms with Crippen LogP contribution in [0.5, 0.6) is 11.5 Å². The van der Waals surface area contributed by atoms with Gasteiger partial charge in [-0.15, -0.1) is 11.3 Å². The first-order chi connectivity index (χ1) is 13.7. The van der Waals surface area contributed by atoms with Gasteiger partial charge in [0.15, 0.2) is 5.13 Å². The lowest BCUT2D eigenvalue weighted by atomic mass is 10.1. The Morgan fingerprint density at radius 1 is 0.929 bits per heavy atom. The molecule has 0 spiro atoms. The summed E-state index contributed by atoms with van der Waals surface area (Å²) >= 11 is 1.64. The molecule has 0 bridgehead atoms. The van der Waals surface area contributed by atoms with Gasteiger partial charge >= 0.3 is 0 Å². The van der Waals surface area contributed by atoms with Crippen LogP contribution in [-0.4, -0.2) is 25.8 Å². The van der Waals surface area contributed by atoms with Crippen molar-refractivity contribution < 1.29 is 14.2 Å². The van der Waals surface area contributed by atoms with E-state index in [2.05, 4.69) is 34.5 Å². The highest BCUT2D eigenvalue weighted by Crippen LogP contribution is 2.26. The zero-order valence-corrected chi connectivity index (χ0v) is 17.4. The summed E-state index contributed by atoms with van der Waals surface area (Å²) in [5.41, 5.74) is 3.30. The molecule has 0 aliphatic rings. The fourth-order valence-electron chi connectivity index (χ4n) is 2.89. The number of thiazole rings is 1. The molecule has 148 valence electrons. The average molecular weight is 399 g/mol. The molecule has 0 atom stereocenters. The molecule has 0 aliphatic carbocycles. The van der Waals surface area contributed by atoms with Gasteiger partial charge in [-0.25, -0.2) is 4.98 Å². The second kappa shape index (κ2) is 10.1. The van der Waals surface area contributed by atoms with Crippen LogP contribution in [0.2, 0.25) is 0 Å². The summed E-state index contributed by atoms with van der Waals surface area (Å²) in [7, 11) is 3.38. The molecular weight excluding hydrogens is 372 g/mol. The predicted molar refractivity (Wildman–Crippen MR) is 113 cm³/mol. The van der Waals surface area contributed by atoms with Gasteiger partial charge in [0, 0.05) is 25.1 Å². The van der Waals surface area contributed by atoms with Gasteiger partial charge in [-0.3, -0.25) is 0 Å². The van der Waals surface area contributed by atoms with Gasteiger partial charge in [-0.05, 0) is 42.3 Å². The van der Waals surface area contributed by atoms with Gasteiger partial charge in [0.1, 0.15) is 11.5 Å². The Balaban J connectivity index is 1.85. The molecule has 0 fully saturated rings. The molecule has 3 rings (SSSR count). The smallest absolute Gasteiger partial charge is 0.186 e. The Labute approximate surface area is 170 Å². The Morgan fingerprint density at radius 2 is 1.54 bits per heavy atom. The van der Waals surface area contributed by atoms with Crippen LogP contribution in [0.15, 0.2) is 53.9 Å². The van der Waals surface area contributed by atoms with E-state index in [0.29, 0.717) is 13.2 Å². The molecule has 1 aromatic heterocycles. The fraction of sp³-hybridized carbons (Fsp3) is 0.318. The van der Waals surface area contributed by atoms with Crippen LogP contribution in [0.4, 0.5) is 5.13 Å². The highest BCUT2D eigenvalue weighted by atomic mass is 32.1. The molecule has 0 saturated carbocycles. The van der Waals surface area contributed by atoms with Crippen molar-refractivity contribution in [2.75, 3.05) is 25.7 Å². The number of benzene rings is 2. The molecule has 3 aromatic rings. The standard InChI is InChI=1S/C22H26N2O3S/c1-4-27-15-19-16-28-22(23-19)24(13-17-7-5-9-20(11-17)25-2)14-18-8-6-10-21(12-18)26-3/h5-12,16H,4,13-15H2,1-3H3. The van der Waals surface area contributed by atoms with Gasteiger partial charge in [0.2, 0.25) is 0 Å². The van der Waals surface area contributed by atoms with E-state index in [9.17, 15) is 0 Å². The van der Waals surface area contributed by atoms with Crippen LogP contribution in [0.3, 0.4) is 0 Å². The molecule has 6 heteroatoms. The maximum atomic E-state index is 5.50. The zero-order valence-electron chi connectivity index (χ0n) is 16.6. The van der Waals surface area contributed by atoms with E-state index in [1.807, 2.05) is 31.2 Å². The molecular formula is C22H26N2O3S. The first-order valence-corrected chi connectivity index (χ1v) is 10.1. The van der Waals surface area contributed by atoms with Crippen LogP contribution < -0.4 is 14.4 Å². The van der Waals surface area contributed by atoms with E-state index in [4.69, 9.17) is 19.2 Å². The Bertz CT molecular complexity index is 832. The Hall–Kier alpha value is -2.57. The lowest BCUT2D eigenvalue weighted by molar-refractivity contribution is 0.132. The molecule has 0 unspecified atom stereocenters. The van der Waals surface area contributed by atoms with Gasteiger partial charge in [-0.1, -0.05) is 24.3 Å². The SMILES string of the molecule is CCOCc1csc(N(Cc2cccc(OC)c2)Cc2cccc(OC)c2)n1. The van der Waals surface area contributed by atoms with Crippen molar-refractivity contribution in [1.29, 1.82) is 0 Å². The van der Waals surface area contributed by atoms with Crippen molar-refractivity contribution in [2.45, 2.75) is 26.6 Å². The highest BCUT2D eigenvalue weighted by molar-refractivity contribution is 7.13. The number of ether oxygens (including phenoxy) is 3. The van der Waals surface area contributed by atoms with Crippen LogP contribution in [0.25, 0.3) is 0 Å². The molecule has 28 heavy (non-hydrogen) atoms. The van der Waals surface area contributed by atoms with E-state index in [0.717, 1.165) is 35.4 Å². The average Bonchev–Trinajstić information content (AvgIpc) is 3.21. The second-order valence-corrected chi connectivity index (χ2v) is 7.15. The number of methoxy groups -OCH3 is 2. The van der Waals surface area contributed by atoms with Crippen LogP contribution in [-0.2, 0) is 24.4 Å². The fourth-order valence-corrected chi connectivity index (χ4v) is 3.70. The quantitative estimate of drug-likeness (QED) is 0.486. The minimum atomic E-state index is 0.541. The first-order valence-electron chi connectivity index (χ1n) is 9.24. The number of rotatable bonds is 10. The van der Waals surface area contributed by atoms with E-state index in [-0.39, 0.29) is 0 Å². The lowest BCUT2D eigenvalue weighted by Gasteiger charge is -2.22. The van der Waals surface area contributed by atoms with Crippen LogP contribution >= 0.6 is 11.3 Å². The largest absolute Gasteiger partial charge is 0.497 e. The third-order valence-corrected chi connectivity index (χ3v) is 5.23. The van der Waals surface area contributed by atoms with E-state index in [1.165, 1.54) is 11.1 Å². The van der Waals surface area contributed by atoms with Gasteiger partial charge in [0.05, 0.1) is 26.5 Å². The second-order valence-electron chi connectivity index (χ2n) is 6.32. The van der Waals surface area contributed by atoms with Crippen molar-refractivity contribution in [3.8, 4) is 11.5 Å². The summed E-state index contributed by atoms with van der Waals surface area (Å²) < 4.78 is 16.3. The minimum absolute atomic E-state index is 0.541. The van der Waals surface area contributed by atoms with E-state index < -0.39 is 0 Å². The predicted octanol–water partition coefficient (Wildman–Crippen LogP) is 4.90. The van der Waals surface area contributed by atoms with Crippen molar-refractivity contribution >= 4 is 16.5 Å². The lowest BCUT2D eigenvalue weighted by Crippen LogP contribution is -2.22. The van der Waals surface area contributed by atoms with Gasteiger partial charge in [0.25, 0.3) is 0 Å². The summed E-state index contributed by atoms with van der Waals surface area (Å²) in [5.74, 6) is 1.71. The third-order valence-electron chi connectivity index (χ3n) is 4.28. The van der Waals surface area contributed by atoms with Crippen LogP contribution in [0, 0.1) is 0 Å². The maximum Gasteiger partial charge on any atom is 0.186 e. The summed E-state index contributed by atoms with van der Waals surface area (Å²) in [6.07, 6.45) is 0. The molecule has 0 aliphatic heterocycles. The topological polar surface area (TPSA) is 43.8 Å². The Morgan fingerprint density at radius 3 is 2.07 bits per heavy atom. The Kier molecular flexibility index (Phi) is 7.28. The normalized spacial score (nSPS) is 10.7. The minimum Gasteiger partial charge on any atom is -0.497 e. The summed E-state index contributed by atoms with van der Waals surface area (Å²) in [4.78, 5) is 7.05. The van der Waals surface area contributed by atoms with Gasteiger partial charge in [-0.2, -0.15) is 0 Å². The van der Waals surface area contributed by atoms with Crippen molar-refractivity contribution in [3.05, 3.63) is 70.7 Å². The summed E-state index contributed by atoms with van der Waals surface area (Å²) in [6.45, 7) is 4.68. The summed E-state index contributed by atoms with van der Waals surface area (Å²) in [5, 5.41) is 3.04. The number of aromatic nitrogens is 1. The molecule has 2 aromatic carbocycles. The maximum absolute atomic E-state index is 5.50. The first kappa shape index (κ1) is 20.2. The number of anilines is 1. The number of hydrogen-bond acceptors (Lipinski definition) is 6. The third kappa shape index (κ3) is 5.47. The van der Waals surface area contributed by atoms with Crippen molar-refractivity contribution in [3.63, 3.8) is 0 Å². The molecule has 1 heterocycles. The monoisotopic (exact) mass is 398 g/mol. The van der Waals surface area contributed by atoms with E-state index >= 15 is 0 Å². The molecule has 0 radical (unpaired) electrons. The molecule has 0 N–H and O–H groups in total. The van der Waals surface area contributed by atoms with Crippen molar-refractivity contribution in [1.82, 2.24) is 4.98 Å². The van der Waals surface area contributed by atoms with E-state index in [1.54, 1.807) is 25.6 Å². The zero-order chi connectivity index (χ0) is 19.8. The highest BCUT2D eigenvalue weighted by Gasteiger charge is 2.14. The summed E-state index contributed by atoms with van der Waals surface area (Å²) in [6, 6.07) is 16.3. The van der Waals surface area contributed by atoms with Gasteiger partial charge < -0.3 is 19.1 Å².